The molecule has 2 aliphatic rings. The normalized spacial score (nSPS) is 18.1. The van der Waals surface area contributed by atoms with Crippen LogP contribution in [-0.4, -0.2) is 46.3 Å². The Morgan fingerprint density at radius 1 is 1.16 bits per heavy atom. The molecule has 0 saturated carbocycles. The summed E-state index contributed by atoms with van der Waals surface area (Å²) in [6.45, 7) is 2.64. The summed E-state index contributed by atoms with van der Waals surface area (Å²) >= 11 is 0. The first-order chi connectivity index (χ1) is 15.2. The fraction of sp³-hybridized carbons (Fsp3) is 0.381. The Bertz CT molecular complexity index is 1140. The second-order valence-electron chi connectivity index (χ2n) is 8.07. The van der Waals surface area contributed by atoms with E-state index >= 15 is 0 Å². The topological polar surface area (TPSA) is 94.9 Å². The molecule has 3 heterocycles. The van der Waals surface area contributed by atoms with Gasteiger partial charge in [-0.25, -0.2) is 13.2 Å². The molecule has 1 aromatic carbocycles. The van der Waals surface area contributed by atoms with Crippen LogP contribution < -0.4 is 15.8 Å². The van der Waals surface area contributed by atoms with Gasteiger partial charge in [0.05, 0.1) is 0 Å². The lowest BCUT2D eigenvalue weighted by molar-refractivity contribution is 0.0658. The van der Waals surface area contributed by atoms with Crippen molar-refractivity contribution in [3.05, 3.63) is 62.8 Å². The van der Waals surface area contributed by atoms with E-state index in [4.69, 9.17) is 0 Å². The van der Waals surface area contributed by atoms with Gasteiger partial charge in [-0.2, -0.15) is 0 Å². The maximum absolute atomic E-state index is 13.8. The highest BCUT2D eigenvalue weighted by Gasteiger charge is 2.35. The molecule has 0 radical (unpaired) electrons. The number of halogens is 3. The Morgan fingerprint density at radius 2 is 1.81 bits per heavy atom. The summed E-state index contributed by atoms with van der Waals surface area (Å²) in [7, 11) is 0. The molecule has 0 aliphatic carbocycles. The largest absolute Gasteiger partial charge is 0.502 e. The van der Waals surface area contributed by atoms with E-state index in [0.717, 1.165) is 19.0 Å². The fourth-order valence-corrected chi connectivity index (χ4v) is 3.90. The second-order valence-corrected chi connectivity index (χ2v) is 8.07. The number of carbonyl (C=O) groups excluding carboxylic acids is 2. The van der Waals surface area contributed by atoms with E-state index in [1.165, 1.54) is 9.58 Å². The van der Waals surface area contributed by atoms with Crippen molar-refractivity contribution in [1.29, 1.82) is 0 Å². The van der Waals surface area contributed by atoms with Crippen molar-refractivity contribution in [2.45, 2.75) is 26.3 Å². The van der Waals surface area contributed by atoms with Crippen LogP contribution in [0.15, 0.2) is 23.1 Å². The van der Waals surface area contributed by atoms with Crippen LogP contribution in [-0.2, 0) is 6.54 Å². The number of hydrogen-bond acceptors (Lipinski definition) is 5. The van der Waals surface area contributed by atoms with E-state index in [1.54, 1.807) is 5.01 Å². The van der Waals surface area contributed by atoms with E-state index in [-0.39, 0.29) is 12.4 Å². The van der Waals surface area contributed by atoms with Gasteiger partial charge in [0.15, 0.2) is 11.4 Å². The number of aromatic hydroxyl groups is 1. The number of pyridine rings is 1. The Balaban J connectivity index is 1.66. The minimum atomic E-state index is -1.19. The molecule has 2 aliphatic heterocycles. The number of rotatable bonds is 3. The first-order valence-corrected chi connectivity index (χ1v) is 10.1. The lowest BCUT2D eigenvalue weighted by Crippen LogP contribution is -2.56. The smallest absolute Gasteiger partial charge is 0.277 e. The van der Waals surface area contributed by atoms with Gasteiger partial charge in [0.2, 0.25) is 5.43 Å². The predicted octanol–water partition coefficient (Wildman–Crippen LogP) is 1.68. The van der Waals surface area contributed by atoms with E-state index in [1.807, 2.05) is 0 Å². The van der Waals surface area contributed by atoms with Crippen LogP contribution >= 0.6 is 0 Å². The molecular formula is C21H21F3N4O4. The Hall–Kier alpha value is -3.50. The molecule has 2 aromatic rings. The summed E-state index contributed by atoms with van der Waals surface area (Å²) in [4.78, 5) is 39.6. The molecule has 2 bridgehead atoms. The van der Waals surface area contributed by atoms with Crippen LogP contribution in [0, 0.1) is 23.4 Å². The highest BCUT2D eigenvalue weighted by molar-refractivity contribution is 5.99. The summed E-state index contributed by atoms with van der Waals surface area (Å²) in [5.41, 5.74) is -2.38. The first-order valence-electron chi connectivity index (χ1n) is 10.1. The fourth-order valence-electron chi connectivity index (χ4n) is 3.90. The van der Waals surface area contributed by atoms with Gasteiger partial charge in [0, 0.05) is 43.5 Å². The van der Waals surface area contributed by atoms with Gasteiger partial charge < -0.3 is 15.3 Å². The molecule has 4 rings (SSSR count). The van der Waals surface area contributed by atoms with Crippen molar-refractivity contribution in [3.63, 3.8) is 0 Å². The summed E-state index contributed by atoms with van der Waals surface area (Å²) < 4.78 is 42.0. The SMILES string of the molecule is C[C@@H]1CCN2CN(CC1)n1cc(C(=O)NCc3c(F)cc(F)cc3F)c(=O)c(O)c1C2=O. The molecule has 2 N–H and O–H groups in total. The molecule has 1 saturated heterocycles. The zero-order valence-electron chi connectivity index (χ0n) is 17.2. The van der Waals surface area contributed by atoms with E-state index < -0.39 is 58.1 Å². The maximum atomic E-state index is 13.8. The molecule has 170 valence electrons. The monoisotopic (exact) mass is 450 g/mol. The number of amides is 2. The van der Waals surface area contributed by atoms with Crippen molar-refractivity contribution in [2.24, 2.45) is 5.92 Å². The molecule has 1 fully saturated rings. The highest BCUT2D eigenvalue weighted by atomic mass is 19.1. The Kier molecular flexibility index (Phi) is 5.57. The number of carbonyl (C=O) groups is 2. The summed E-state index contributed by atoms with van der Waals surface area (Å²) in [5.74, 6) is -5.52. The molecule has 0 spiro atoms. The summed E-state index contributed by atoms with van der Waals surface area (Å²) in [5, 5.41) is 14.4. The van der Waals surface area contributed by atoms with Gasteiger partial charge in [-0.3, -0.25) is 24.1 Å². The minimum absolute atomic E-state index is 0.230. The molecule has 1 aromatic heterocycles. The standard InChI is InChI=1S/C21H21F3N4O4/c1-11-2-4-26-10-27(5-3-11)28-9-14(18(29)19(30)17(28)21(26)32)20(31)25-8-13-15(23)6-12(22)7-16(13)24/h6-7,9,11,30H,2-5,8,10H2,1H3,(H,25,31)/t11-/m1/s1. The Morgan fingerprint density at radius 3 is 2.50 bits per heavy atom. The zero-order valence-corrected chi connectivity index (χ0v) is 17.2. The number of fused-ring (bicyclic) bond motifs is 4. The lowest BCUT2D eigenvalue weighted by Gasteiger charge is -2.42. The van der Waals surface area contributed by atoms with Crippen molar-refractivity contribution in [1.82, 2.24) is 14.9 Å². The van der Waals surface area contributed by atoms with Crippen LogP contribution in [0.4, 0.5) is 13.2 Å². The van der Waals surface area contributed by atoms with Crippen LogP contribution in [0.5, 0.6) is 5.75 Å². The number of benzene rings is 1. The summed E-state index contributed by atoms with van der Waals surface area (Å²) in [6, 6.07) is 0.953. The lowest BCUT2D eigenvalue weighted by atomic mass is 10.0. The molecule has 8 nitrogen and oxygen atoms in total. The number of aromatic nitrogens is 1. The van der Waals surface area contributed by atoms with Gasteiger partial charge in [0.25, 0.3) is 11.8 Å². The van der Waals surface area contributed by atoms with E-state index in [9.17, 15) is 32.7 Å². The third-order valence-electron chi connectivity index (χ3n) is 5.84. The molecule has 2 amide bonds. The highest BCUT2D eigenvalue weighted by Crippen LogP contribution is 2.25. The molecule has 1 atom stereocenters. The van der Waals surface area contributed by atoms with Crippen LogP contribution in [0.2, 0.25) is 0 Å². The number of hydrogen-bond donors (Lipinski definition) is 2. The average molecular weight is 450 g/mol. The van der Waals surface area contributed by atoms with Crippen LogP contribution in [0.1, 0.15) is 46.2 Å². The first kappa shape index (κ1) is 21.7. The van der Waals surface area contributed by atoms with Crippen LogP contribution in [0.25, 0.3) is 0 Å². The maximum Gasteiger partial charge on any atom is 0.277 e. The molecular weight excluding hydrogens is 429 g/mol. The van der Waals surface area contributed by atoms with Gasteiger partial charge in [-0.15, -0.1) is 0 Å². The van der Waals surface area contributed by atoms with Gasteiger partial charge in [-0.1, -0.05) is 6.92 Å². The van der Waals surface area contributed by atoms with Gasteiger partial charge in [0.1, 0.15) is 29.7 Å². The second kappa shape index (κ2) is 8.21. The van der Waals surface area contributed by atoms with Gasteiger partial charge in [-0.05, 0) is 18.8 Å². The van der Waals surface area contributed by atoms with Gasteiger partial charge >= 0.3 is 0 Å². The third-order valence-corrected chi connectivity index (χ3v) is 5.84. The van der Waals surface area contributed by atoms with Crippen molar-refractivity contribution < 1.29 is 27.9 Å². The van der Waals surface area contributed by atoms with Crippen molar-refractivity contribution >= 4 is 11.8 Å². The molecule has 11 heteroatoms. The quantitative estimate of drug-likeness (QED) is 0.742. The zero-order chi connectivity index (χ0) is 23.2. The molecule has 32 heavy (non-hydrogen) atoms. The average Bonchev–Trinajstić information content (AvgIpc) is 2.72. The number of nitrogens with zero attached hydrogens (tertiary/aromatic N) is 3. The van der Waals surface area contributed by atoms with E-state index in [2.05, 4.69) is 12.2 Å². The third kappa shape index (κ3) is 3.78. The molecule has 0 unspecified atom stereocenters. The predicted molar refractivity (Wildman–Crippen MR) is 107 cm³/mol. The van der Waals surface area contributed by atoms with Crippen molar-refractivity contribution in [2.75, 3.05) is 24.8 Å². The van der Waals surface area contributed by atoms with Crippen molar-refractivity contribution in [3.8, 4) is 5.75 Å². The Labute approximate surface area is 180 Å². The summed E-state index contributed by atoms with van der Waals surface area (Å²) in [6.07, 6.45) is 2.74. The van der Waals surface area contributed by atoms with Crippen LogP contribution in [0.3, 0.4) is 0 Å². The van der Waals surface area contributed by atoms with E-state index in [0.29, 0.717) is 31.1 Å². The number of nitrogens with one attached hydrogen (secondary N) is 1. The minimum Gasteiger partial charge on any atom is -0.502 e.